The molecule has 2 heterocycles. The van der Waals surface area contributed by atoms with Crippen molar-refractivity contribution >= 4 is 11.6 Å². The van der Waals surface area contributed by atoms with E-state index in [0.717, 1.165) is 47.8 Å². The lowest BCUT2D eigenvalue weighted by molar-refractivity contribution is 0.574. The van der Waals surface area contributed by atoms with Crippen molar-refractivity contribution in [3.8, 4) is 0 Å². The highest BCUT2D eigenvalue weighted by atomic mass is 35.5. The Balaban J connectivity index is 1.95. The standard InChI is InChI=1S/C15H21ClN4/c1-3-13-15(16)14(20(2)19-13)10-11(17)7-8-12-6-4-5-9-18-12/h4-6,9,11H,3,7-8,10,17H2,1-2H3. The summed E-state index contributed by atoms with van der Waals surface area (Å²) in [4.78, 5) is 4.31. The largest absolute Gasteiger partial charge is 0.327 e. The van der Waals surface area contributed by atoms with Gasteiger partial charge in [-0.3, -0.25) is 9.67 Å². The third-order valence-corrected chi connectivity index (χ3v) is 3.89. The van der Waals surface area contributed by atoms with Crippen molar-refractivity contribution in [3.05, 3.63) is 46.5 Å². The van der Waals surface area contributed by atoms with Crippen LogP contribution in [0, 0.1) is 0 Å². The van der Waals surface area contributed by atoms with E-state index < -0.39 is 0 Å². The number of aromatic nitrogens is 3. The zero-order chi connectivity index (χ0) is 14.5. The van der Waals surface area contributed by atoms with Crippen LogP contribution in [0.15, 0.2) is 24.4 Å². The maximum absolute atomic E-state index is 6.34. The molecule has 0 radical (unpaired) electrons. The van der Waals surface area contributed by atoms with Gasteiger partial charge >= 0.3 is 0 Å². The minimum Gasteiger partial charge on any atom is -0.327 e. The minimum atomic E-state index is 0.0645. The number of halogens is 1. The molecule has 2 N–H and O–H groups in total. The first kappa shape index (κ1) is 15.0. The van der Waals surface area contributed by atoms with E-state index in [9.17, 15) is 0 Å². The molecule has 0 saturated heterocycles. The van der Waals surface area contributed by atoms with Crippen LogP contribution >= 0.6 is 11.6 Å². The average Bonchev–Trinajstić information content (AvgIpc) is 2.73. The highest BCUT2D eigenvalue weighted by Gasteiger charge is 2.15. The molecule has 0 saturated carbocycles. The Morgan fingerprint density at radius 3 is 2.80 bits per heavy atom. The van der Waals surface area contributed by atoms with Crippen molar-refractivity contribution in [2.24, 2.45) is 12.8 Å². The summed E-state index contributed by atoms with van der Waals surface area (Å²) in [6.07, 6.45) is 5.18. The summed E-state index contributed by atoms with van der Waals surface area (Å²) >= 11 is 6.34. The van der Waals surface area contributed by atoms with Crippen molar-refractivity contribution in [2.45, 2.75) is 38.6 Å². The van der Waals surface area contributed by atoms with Gasteiger partial charge in [0.05, 0.1) is 16.4 Å². The molecule has 0 fully saturated rings. The lowest BCUT2D eigenvalue weighted by Crippen LogP contribution is -2.25. The highest BCUT2D eigenvalue weighted by molar-refractivity contribution is 6.31. The van der Waals surface area contributed by atoms with Crippen LogP contribution in [0.25, 0.3) is 0 Å². The topological polar surface area (TPSA) is 56.7 Å². The SMILES string of the molecule is CCc1nn(C)c(CC(N)CCc2ccccn2)c1Cl. The number of hydrogen-bond acceptors (Lipinski definition) is 3. The maximum atomic E-state index is 6.34. The molecule has 0 aliphatic heterocycles. The van der Waals surface area contributed by atoms with Crippen LogP contribution < -0.4 is 5.73 Å². The zero-order valence-corrected chi connectivity index (χ0v) is 12.8. The first-order valence-electron chi connectivity index (χ1n) is 6.97. The molecule has 0 bridgehead atoms. The van der Waals surface area contributed by atoms with Crippen LogP contribution in [0.1, 0.15) is 30.4 Å². The van der Waals surface area contributed by atoms with E-state index in [1.807, 2.05) is 36.1 Å². The summed E-state index contributed by atoms with van der Waals surface area (Å²) in [6.45, 7) is 2.05. The van der Waals surface area contributed by atoms with Gasteiger partial charge in [-0.2, -0.15) is 5.10 Å². The van der Waals surface area contributed by atoms with Crippen LogP contribution in [0.5, 0.6) is 0 Å². The van der Waals surface area contributed by atoms with Crippen molar-refractivity contribution < 1.29 is 0 Å². The Morgan fingerprint density at radius 1 is 1.40 bits per heavy atom. The predicted octanol–water partition coefficient (Wildman–Crippen LogP) is 2.53. The molecular formula is C15H21ClN4. The van der Waals surface area contributed by atoms with Gasteiger partial charge in [-0.05, 0) is 31.4 Å². The Labute approximate surface area is 125 Å². The smallest absolute Gasteiger partial charge is 0.0850 e. The molecule has 4 nitrogen and oxygen atoms in total. The predicted molar refractivity (Wildman–Crippen MR) is 81.8 cm³/mol. The van der Waals surface area contributed by atoms with Crippen molar-refractivity contribution in [3.63, 3.8) is 0 Å². The fraction of sp³-hybridized carbons (Fsp3) is 0.467. The second-order valence-corrected chi connectivity index (χ2v) is 5.39. The molecule has 1 unspecified atom stereocenters. The Kier molecular flexibility index (Phi) is 5.15. The van der Waals surface area contributed by atoms with Crippen molar-refractivity contribution in [1.82, 2.24) is 14.8 Å². The van der Waals surface area contributed by atoms with E-state index in [0.29, 0.717) is 0 Å². The first-order valence-corrected chi connectivity index (χ1v) is 7.35. The first-order chi connectivity index (χ1) is 9.61. The quantitative estimate of drug-likeness (QED) is 0.890. The normalized spacial score (nSPS) is 12.6. The summed E-state index contributed by atoms with van der Waals surface area (Å²) in [5, 5.41) is 5.18. The maximum Gasteiger partial charge on any atom is 0.0850 e. The number of nitrogens with two attached hydrogens (primary N) is 1. The average molecular weight is 293 g/mol. The second-order valence-electron chi connectivity index (χ2n) is 5.01. The van der Waals surface area contributed by atoms with Crippen LogP contribution in [0.4, 0.5) is 0 Å². The number of nitrogens with zero attached hydrogens (tertiary/aromatic N) is 3. The van der Waals surface area contributed by atoms with Crippen LogP contribution in [-0.2, 0) is 26.3 Å². The molecular weight excluding hydrogens is 272 g/mol. The van der Waals surface area contributed by atoms with E-state index in [1.165, 1.54) is 0 Å². The van der Waals surface area contributed by atoms with Gasteiger partial charge in [0, 0.05) is 31.4 Å². The summed E-state index contributed by atoms with van der Waals surface area (Å²) in [5.74, 6) is 0. The molecule has 0 aromatic carbocycles. The third kappa shape index (κ3) is 3.58. The van der Waals surface area contributed by atoms with Crippen LogP contribution in [-0.4, -0.2) is 20.8 Å². The van der Waals surface area contributed by atoms with Crippen LogP contribution in [0.2, 0.25) is 5.02 Å². The van der Waals surface area contributed by atoms with E-state index in [4.69, 9.17) is 17.3 Å². The number of aryl methyl sites for hydroxylation is 3. The van der Waals surface area contributed by atoms with E-state index in [1.54, 1.807) is 0 Å². The molecule has 20 heavy (non-hydrogen) atoms. The fourth-order valence-corrected chi connectivity index (χ4v) is 2.64. The lowest BCUT2D eigenvalue weighted by Gasteiger charge is -2.11. The van der Waals surface area contributed by atoms with Crippen molar-refractivity contribution in [1.29, 1.82) is 0 Å². The van der Waals surface area contributed by atoms with E-state index >= 15 is 0 Å². The lowest BCUT2D eigenvalue weighted by atomic mass is 10.0. The van der Waals surface area contributed by atoms with E-state index in [-0.39, 0.29) is 6.04 Å². The minimum absolute atomic E-state index is 0.0645. The van der Waals surface area contributed by atoms with Gasteiger partial charge in [0.2, 0.25) is 0 Å². The van der Waals surface area contributed by atoms with Gasteiger partial charge < -0.3 is 5.73 Å². The van der Waals surface area contributed by atoms with Gasteiger partial charge in [-0.25, -0.2) is 0 Å². The summed E-state index contributed by atoms with van der Waals surface area (Å²) in [6, 6.07) is 6.01. The zero-order valence-electron chi connectivity index (χ0n) is 12.0. The fourth-order valence-electron chi connectivity index (χ4n) is 2.27. The number of hydrogen-bond donors (Lipinski definition) is 1. The highest BCUT2D eigenvalue weighted by Crippen LogP contribution is 2.22. The number of pyridine rings is 1. The molecule has 5 heteroatoms. The number of rotatable bonds is 6. The van der Waals surface area contributed by atoms with Gasteiger partial charge in [0.15, 0.2) is 0 Å². The molecule has 2 aromatic heterocycles. The monoisotopic (exact) mass is 292 g/mol. The van der Waals surface area contributed by atoms with Crippen molar-refractivity contribution in [2.75, 3.05) is 0 Å². The molecule has 1 atom stereocenters. The van der Waals surface area contributed by atoms with Gasteiger partial charge in [0.1, 0.15) is 0 Å². The molecule has 108 valence electrons. The van der Waals surface area contributed by atoms with E-state index in [2.05, 4.69) is 17.0 Å². The summed E-state index contributed by atoms with van der Waals surface area (Å²) < 4.78 is 1.85. The summed E-state index contributed by atoms with van der Waals surface area (Å²) in [5.41, 5.74) is 9.26. The molecule has 2 aromatic rings. The van der Waals surface area contributed by atoms with Gasteiger partial charge in [-0.15, -0.1) is 0 Å². The third-order valence-electron chi connectivity index (χ3n) is 3.46. The molecule has 0 spiro atoms. The molecule has 2 rings (SSSR count). The Hall–Kier alpha value is -1.39. The van der Waals surface area contributed by atoms with Crippen LogP contribution in [0.3, 0.4) is 0 Å². The summed E-state index contributed by atoms with van der Waals surface area (Å²) in [7, 11) is 1.92. The Morgan fingerprint density at radius 2 is 2.20 bits per heavy atom. The molecule has 0 amide bonds. The Bertz CT molecular complexity index is 551. The van der Waals surface area contributed by atoms with Gasteiger partial charge in [0.25, 0.3) is 0 Å². The second kappa shape index (κ2) is 6.86. The molecule has 0 aliphatic carbocycles. The molecule has 0 aliphatic rings. The van der Waals surface area contributed by atoms with Gasteiger partial charge in [-0.1, -0.05) is 24.6 Å².